The van der Waals surface area contributed by atoms with Gasteiger partial charge < -0.3 is 20.2 Å². The molecule has 1 aliphatic rings. The molecule has 0 saturated heterocycles. The summed E-state index contributed by atoms with van der Waals surface area (Å²) in [5.74, 6) is -6.08. The summed E-state index contributed by atoms with van der Waals surface area (Å²) < 4.78 is 79.8. The first kappa shape index (κ1) is 21.6. The van der Waals surface area contributed by atoms with Gasteiger partial charge in [0.1, 0.15) is 11.3 Å². The summed E-state index contributed by atoms with van der Waals surface area (Å²) in [7, 11) is 0. The Bertz CT molecular complexity index is 969. The van der Waals surface area contributed by atoms with Gasteiger partial charge >= 0.3 is 18.3 Å². The Labute approximate surface area is 165 Å². The first-order valence-corrected chi connectivity index (χ1v) is 8.60. The first-order valence-electron chi connectivity index (χ1n) is 8.60. The number of fused-ring (bicyclic) bond motifs is 1. The number of phenolic OH excluding ortho intramolecular Hbond substituents is 3. The van der Waals surface area contributed by atoms with Gasteiger partial charge in [0.15, 0.2) is 11.5 Å². The largest absolute Gasteiger partial charge is 0.508 e. The molecule has 162 valence electrons. The van der Waals surface area contributed by atoms with Crippen molar-refractivity contribution < 1.29 is 46.5 Å². The maximum atomic E-state index is 13.6. The summed E-state index contributed by atoms with van der Waals surface area (Å²) in [5, 5.41) is 29.1. The van der Waals surface area contributed by atoms with Gasteiger partial charge in [0.2, 0.25) is 0 Å². The third-order valence-corrected chi connectivity index (χ3v) is 4.94. The van der Waals surface area contributed by atoms with Gasteiger partial charge in [-0.1, -0.05) is 12.1 Å². The average Bonchev–Trinajstić information content (AvgIpc) is 2.80. The van der Waals surface area contributed by atoms with Gasteiger partial charge in [-0.25, -0.2) is 0 Å². The number of alkyl halides is 6. The fourth-order valence-electron chi connectivity index (χ4n) is 3.62. The number of rotatable bonds is 1. The third kappa shape index (κ3) is 3.96. The van der Waals surface area contributed by atoms with Crippen molar-refractivity contribution in [3.63, 3.8) is 0 Å². The first-order chi connectivity index (χ1) is 13.8. The molecule has 0 aliphatic carbocycles. The lowest BCUT2D eigenvalue weighted by Gasteiger charge is -2.26. The number of hydrogen-bond acceptors (Lipinski definition) is 4. The Hall–Kier alpha value is -3.11. The molecule has 0 radical (unpaired) electrons. The van der Waals surface area contributed by atoms with E-state index >= 15 is 0 Å². The molecule has 5 nitrogen and oxygen atoms in total. The summed E-state index contributed by atoms with van der Waals surface area (Å²) in [6.45, 7) is -1.29. The zero-order valence-electron chi connectivity index (χ0n) is 15.1. The van der Waals surface area contributed by atoms with E-state index in [-0.39, 0.29) is 16.9 Å². The van der Waals surface area contributed by atoms with Crippen molar-refractivity contribution in [1.29, 1.82) is 0 Å². The van der Waals surface area contributed by atoms with Gasteiger partial charge in [-0.2, -0.15) is 26.3 Å². The van der Waals surface area contributed by atoms with Crippen LogP contribution in [0, 0.1) is 0 Å². The molecular weight excluding hydrogens is 420 g/mol. The molecule has 1 atom stereocenters. The molecule has 0 bridgehead atoms. The SMILES string of the molecule is O=C(N1CCc2c(cc(O)c(O)c2C(F)(F)F)C(c2ccc(O)cc2)C1)C(F)(F)F. The lowest BCUT2D eigenvalue weighted by molar-refractivity contribution is -0.185. The maximum absolute atomic E-state index is 13.6. The molecule has 1 heterocycles. The Morgan fingerprint density at radius 1 is 1.00 bits per heavy atom. The molecule has 3 rings (SSSR count). The predicted molar refractivity (Wildman–Crippen MR) is 91.1 cm³/mol. The van der Waals surface area contributed by atoms with Crippen LogP contribution in [0.1, 0.15) is 28.2 Å². The molecular formula is C19H15F6NO4. The van der Waals surface area contributed by atoms with Crippen LogP contribution in [0.25, 0.3) is 0 Å². The number of carbonyl (C=O) groups is 1. The van der Waals surface area contributed by atoms with Gasteiger partial charge in [-0.3, -0.25) is 4.79 Å². The topological polar surface area (TPSA) is 81.0 Å². The number of hydrogen-bond donors (Lipinski definition) is 3. The molecule has 3 N–H and O–H groups in total. The number of amides is 1. The molecule has 1 unspecified atom stereocenters. The second kappa shape index (κ2) is 7.29. The van der Waals surface area contributed by atoms with E-state index in [0.29, 0.717) is 4.90 Å². The molecule has 0 saturated carbocycles. The number of aromatic hydroxyl groups is 3. The standard InChI is InChI=1S/C19H15F6NO4/c20-18(21,22)15-11-5-6-26(17(30)19(23,24)25)8-13(9-1-3-10(27)4-2-9)12(11)7-14(28)16(15)29/h1-4,7,13,27-29H,5-6,8H2. The van der Waals surface area contributed by atoms with Gasteiger partial charge in [-0.15, -0.1) is 0 Å². The summed E-state index contributed by atoms with van der Waals surface area (Å²) in [6, 6.07) is 5.84. The number of nitrogens with zero attached hydrogens (tertiary/aromatic N) is 1. The van der Waals surface area contributed by atoms with Crippen molar-refractivity contribution in [2.24, 2.45) is 0 Å². The van der Waals surface area contributed by atoms with Crippen LogP contribution in [0.15, 0.2) is 30.3 Å². The number of carbonyl (C=O) groups excluding carboxylic acids is 1. The van der Waals surface area contributed by atoms with E-state index in [1.54, 1.807) is 0 Å². The molecule has 1 amide bonds. The van der Waals surface area contributed by atoms with Crippen LogP contribution in [0.3, 0.4) is 0 Å². The van der Waals surface area contributed by atoms with Gasteiger partial charge in [0.05, 0.1) is 0 Å². The molecule has 30 heavy (non-hydrogen) atoms. The minimum absolute atomic E-state index is 0.166. The normalized spacial score (nSPS) is 17.4. The molecule has 2 aromatic carbocycles. The quantitative estimate of drug-likeness (QED) is 0.469. The van der Waals surface area contributed by atoms with E-state index in [0.717, 1.165) is 6.07 Å². The van der Waals surface area contributed by atoms with Crippen LogP contribution in [0.2, 0.25) is 0 Å². The molecule has 0 fully saturated rings. The lowest BCUT2D eigenvalue weighted by Crippen LogP contribution is -2.43. The van der Waals surface area contributed by atoms with Crippen LogP contribution in [0.5, 0.6) is 17.2 Å². The lowest BCUT2D eigenvalue weighted by atomic mass is 9.85. The third-order valence-electron chi connectivity index (χ3n) is 4.94. The zero-order chi connectivity index (χ0) is 22.4. The fourth-order valence-corrected chi connectivity index (χ4v) is 3.62. The van der Waals surface area contributed by atoms with Crippen LogP contribution < -0.4 is 0 Å². The Kier molecular flexibility index (Phi) is 5.25. The Morgan fingerprint density at radius 2 is 1.60 bits per heavy atom. The van der Waals surface area contributed by atoms with Crippen molar-refractivity contribution in [3.05, 3.63) is 52.6 Å². The smallest absolute Gasteiger partial charge is 0.471 e. The minimum Gasteiger partial charge on any atom is -0.508 e. The molecule has 0 aromatic heterocycles. The second-order valence-corrected chi connectivity index (χ2v) is 6.83. The Balaban J connectivity index is 2.23. The van der Waals surface area contributed by atoms with E-state index < -0.39 is 66.3 Å². The highest BCUT2D eigenvalue weighted by molar-refractivity contribution is 5.82. The van der Waals surface area contributed by atoms with Crippen molar-refractivity contribution in [1.82, 2.24) is 4.90 Å². The van der Waals surface area contributed by atoms with Crippen LogP contribution in [-0.4, -0.2) is 45.4 Å². The summed E-state index contributed by atoms with van der Waals surface area (Å²) >= 11 is 0. The van der Waals surface area contributed by atoms with Crippen LogP contribution in [-0.2, 0) is 17.4 Å². The van der Waals surface area contributed by atoms with E-state index in [4.69, 9.17) is 0 Å². The van der Waals surface area contributed by atoms with Crippen molar-refractivity contribution in [2.75, 3.05) is 13.1 Å². The maximum Gasteiger partial charge on any atom is 0.471 e. The van der Waals surface area contributed by atoms with E-state index in [2.05, 4.69) is 0 Å². The predicted octanol–water partition coefficient (Wildman–Crippen LogP) is 3.90. The highest BCUT2D eigenvalue weighted by atomic mass is 19.4. The van der Waals surface area contributed by atoms with Crippen LogP contribution >= 0.6 is 0 Å². The zero-order valence-corrected chi connectivity index (χ0v) is 15.1. The number of halogens is 6. The summed E-state index contributed by atoms with van der Waals surface area (Å²) in [5.41, 5.74) is -2.01. The van der Waals surface area contributed by atoms with Crippen molar-refractivity contribution in [3.8, 4) is 17.2 Å². The van der Waals surface area contributed by atoms with Crippen molar-refractivity contribution in [2.45, 2.75) is 24.7 Å². The van der Waals surface area contributed by atoms with Gasteiger partial charge in [-0.05, 0) is 41.3 Å². The monoisotopic (exact) mass is 435 g/mol. The summed E-state index contributed by atoms with van der Waals surface area (Å²) in [4.78, 5) is 12.2. The molecule has 11 heteroatoms. The van der Waals surface area contributed by atoms with E-state index in [1.807, 2.05) is 0 Å². The number of phenols is 3. The van der Waals surface area contributed by atoms with E-state index in [1.165, 1.54) is 24.3 Å². The highest BCUT2D eigenvalue weighted by Gasteiger charge is 2.46. The average molecular weight is 435 g/mol. The number of benzene rings is 2. The molecule has 0 spiro atoms. The highest BCUT2D eigenvalue weighted by Crippen LogP contribution is 2.48. The molecule has 2 aromatic rings. The second-order valence-electron chi connectivity index (χ2n) is 6.83. The van der Waals surface area contributed by atoms with Gasteiger partial charge in [0.25, 0.3) is 0 Å². The molecule has 1 aliphatic heterocycles. The van der Waals surface area contributed by atoms with E-state index in [9.17, 15) is 46.5 Å². The fraction of sp³-hybridized carbons (Fsp3) is 0.316. The van der Waals surface area contributed by atoms with Gasteiger partial charge in [0, 0.05) is 19.0 Å². The van der Waals surface area contributed by atoms with Crippen LogP contribution in [0.4, 0.5) is 26.3 Å². The summed E-state index contributed by atoms with van der Waals surface area (Å²) in [6.07, 6.45) is -10.9. The van der Waals surface area contributed by atoms with Crippen molar-refractivity contribution >= 4 is 5.91 Å². The minimum atomic E-state index is -5.23. The Morgan fingerprint density at radius 3 is 2.13 bits per heavy atom.